The van der Waals surface area contributed by atoms with E-state index in [0.717, 1.165) is 6.07 Å². The van der Waals surface area contributed by atoms with Crippen LogP contribution in [0.4, 0.5) is 0 Å². The van der Waals surface area contributed by atoms with Crippen LogP contribution in [0.1, 0.15) is 10.5 Å². The molecule has 0 radical (unpaired) electrons. The van der Waals surface area contributed by atoms with Crippen molar-refractivity contribution < 1.29 is 9.90 Å². The van der Waals surface area contributed by atoms with Gasteiger partial charge in [0.2, 0.25) is 0 Å². The zero-order valence-corrected chi connectivity index (χ0v) is 9.10. The number of pyridine rings is 1. The largest absolute Gasteiger partial charge is 0.477 e. The quantitative estimate of drug-likeness (QED) is 0.836. The minimum atomic E-state index is -1.27. The molecule has 0 bridgehead atoms. The summed E-state index contributed by atoms with van der Waals surface area (Å²) in [5, 5.41) is 9.20. The summed E-state index contributed by atoms with van der Waals surface area (Å²) in [5.41, 5.74) is -0.542. The Balaban J connectivity index is 2.55. The lowest BCUT2D eigenvalue weighted by molar-refractivity contribution is 0.0690. The first-order valence-electron chi connectivity index (χ1n) is 4.53. The minimum absolute atomic E-state index is 0.0894. The summed E-state index contributed by atoms with van der Waals surface area (Å²) >= 11 is 5.66. The van der Waals surface area contributed by atoms with Gasteiger partial charge in [0, 0.05) is 12.3 Å². The van der Waals surface area contributed by atoms with Gasteiger partial charge in [0.25, 0.3) is 5.56 Å². The van der Waals surface area contributed by atoms with Crippen molar-refractivity contribution in [3.63, 3.8) is 0 Å². The van der Waals surface area contributed by atoms with E-state index in [2.05, 4.69) is 15.0 Å². The lowest BCUT2D eigenvalue weighted by Gasteiger charge is -2.00. The highest BCUT2D eigenvalue weighted by Crippen LogP contribution is 2.13. The molecule has 6 nitrogen and oxygen atoms in total. The van der Waals surface area contributed by atoms with Crippen LogP contribution < -0.4 is 5.56 Å². The van der Waals surface area contributed by atoms with Crippen LogP contribution in [0.2, 0.25) is 5.02 Å². The Morgan fingerprint density at radius 3 is 2.76 bits per heavy atom. The SMILES string of the molecule is O=C(O)c1cc(=O)[nH]c(-c2ccc(Cl)cn2)n1. The number of rotatable bonds is 2. The average molecular weight is 252 g/mol. The van der Waals surface area contributed by atoms with Crippen LogP contribution in [-0.2, 0) is 0 Å². The van der Waals surface area contributed by atoms with E-state index in [1.165, 1.54) is 12.3 Å². The first kappa shape index (κ1) is 11.3. The Bertz CT molecular complexity index is 621. The highest BCUT2D eigenvalue weighted by atomic mass is 35.5. The number of carboxylic acids is 1. The van der Waals surface area contributed by atoms with Crippen LogP contribution in [0.15, 0.2) is 29.2 Å². The van der Waals surface area contributed by atoms with E-state index in [-0.39, 0.29) is 11.5 Å². The van der Waals surface area contributed by atoms with Crippen molar-refractivity contribution in [2.24, 2.45) is 0 Å². The fraction of sp³-hybridized carbons (Fsp3) is 0. The van der Waals surface area contributed by atoms with Gasteiger partial charge in [-0.1, -0.05) is 11.6 Å². The van der Waals surface area contributed by atoms with E-state index in [9.17, 15) is 9.59 Å². The zero-order chi connectivity index (χ0) is 12.4. The molecule has 7 heteroatoms. The Morgan fingerprint density at radius 1 is 1.41 bits per heavy atom. The predicted molar refractivity (Wildman–Crippen MR) is 60.1 cm³/mol. The lowest BCUT2D eigenvalue weighted by Crippen LogP contribution is -2.13. The molecule has 0 spiro atoms. The molecule has 2 aromatic rings. The number of aromatic carboxylic acids is 1. The fourth-order valence-corrected chi connectivity index (χ4v) is 1.32. The van der Waals surface area contributed by atoms with Gasteiger partial charge >= 0.3 is 5.97 Å². The second-order valence-electron chi connectivity index (χ2n) is 3.15. The smallest absolute Gasteiger partial charge is 0.354 e. The van der Waals surface area contributed by atoms with Gasteiger partial charge in [-0.25, -0.2) is 9.78 Å². The van der Waals surface area contributed by atoms with Crippen LogP contribution in [0.3, 0.4) is 0 Å². The van der Waals surface area contributed by atoms with Gasteiger partial charge in [-0.2, -0.15) is 0 Å². The van der Waals surface area contributed by atoms with Gasteiger partial charge < -0.3 is 10.1 Å². The van der Waals surface area contributed by atoms with E-state index in [4.69, 9.17) is 16.7 Å². The van der Waals surface area contributed by atoms with Crippen molar-refractivity contribution in [3.05, 3.63) is 45.5 Å². The van der Waals surface area contributed by atoms with Gasteiger partial charge in [0.1, 0.15) is 5.69 Å². The summed E-state index contributed by atoms with van der Waals surface area (Å²) in [4.78, 5) is 32.1. The third kappa shape index (κ3) is 2.48. The lowest BCUT2D eigenvalue weighted by atomic mass is 10.3. The van der Waals surface area contributed by atoms with Crippen molar-refractivity contribution in [1.82, 2.24) is 15.0 Å². The second kappa shape index (κ2) is 4.34. The van der Waals surface area contributed by atoms with E-state index < -0.39 is 11.5 Å². The highest BCUT2D eigenvalue weighted by molar-refractivity contribution is 6.30. The molecule has 0 saturated heterocycles. The molecule has 86 valence electrons. The van der Waals surface area contributed by atoms with Gasteiger partial charge in [-0.05, 0) is 12.1 Å². The summed E-state index contributed by atoms with van der Waals surface area (Å²) in [5.74, 6) is -1.18. The molecule has 2 N–H and O–H groups in total. The molecule has 17 heavy (non-hydrogen) atoms. The fourth-order valence-electron chi connectivity index (χ4n) is 1.20. The number of nitrogens with one attached hydrogen (secondary N) is 1. The maximum atomic E-state index is 11.2. The molecule has 0 aromatic carbocycles. The number of nitrogens with zero attached hydrogens (tertiary/aromatic N) is 2. The second-order valence-corrected chi connectivity index (χ2v) is 3.58. The Labute approximate surface area is 99.9 Å². The number of hydrogen-bond donors (Lipinski definition) is 2. The van der Waals surface area contributed by atoms with E-state index in [1.54, 1.807) is 6.07 Å². The number of halogens is 1. The van der Waals surface area contributed by atoms with Crippen molar-refractivity contribution in [2.75, 3.05) is 0 Å². The summed E-state index contributed by atoms with van der Waals surface area (Å²) in [6.45, 7) is 0. The molecule has 0 unspecified atom stereocenters. The van der Waals surface area contributed by atoms with Crippen molar-refractivity contribution in [2.45, 2.75) is 0 Å². The number of hydrogen-bond acceptors (Lipinski definition) is 4. The first-order chi connectivity index (χ1) is 8.06. The van der Waals surface area contributed by atoms with Crippen LogP contribution in [0.25, 0.3) is 11.5 Å². The molecular formula is C10H6ClN3O3. The van der Waals surface area contributed by atoms with Crippen LogP contribution in [-0.4, -0.2) is 26.0 Å². The molecule has 2 aromatic heterocycles. The monoisotopic (exact) mass is 251 g/mol. The highest BCUT2D eigenvalue weighted by Gasteiger charge is 2.10. The predicted octanol–water partition coefficient (Wildman–Crippen LogP) is 1.18. The third-order valence-corrected chi connectivity index (χ3v) is 2.15. The van der Waals surface area contributed by atoms with E-state index in [1.807, 2.05) is 0 Å². The third-order valence-electron chi connectivity index (χ3n) is 1.93. The Hall–Kier alpha value is -2.21. The maximum Gasteiger partial charge on any atom is 0.354 e. The minimum Gasteiger partial charge on any atom is -0.477 e. The molecule has 0 aliphatic heterocycles. The molecular weight excluding hydrogens is 246 g/mol. The molecule has 0 atom stereocenters. The van der Waals surface area contributed by atoms with Crippen molar-refractivity contribution in [3.8, 4) is 11.5 Å². The van der Waals surface area contributed by atoms with Gasteiger partial charge in [0.15, 0.2) is 11.5 Å². The van der Waals surface area contributed by atoms with E-state index >= 15 is 0 Å². The van der Waals surface area contributed by atoms with Gasteiger partial charge in [-0.15, -0.1) is 0 Å². The van der Waals surface area contributed by atoms with Crippen LogP contribution in [0.5, 0.6) is 0 Å². The van der Waals surface area contributed by atoms with Gasteiger partial charge in [-0.3, -0.25) is 9.78 Å². The standard InChI is InChI=1S/C10H6ClN3O3/c11-5-1-2-6(12-4-5)9-13-7(10(16)17)3-8(15)14-9/h1-4H,(H,16,17)(H,13,14,15). The molecule has 2 heterocycles. The number of carboxylic acid groups (broad SMARTS) is 1. The number of H-pyrrole nitrogens is 1. The molecule has 0 aliphatic carbocycles. The molecule has 2 rings (SSSR count). The van der Waals surface area contributed by atoms with Crippen molar-refractivity contribution >= 4 is 17.6 Å². The van der Waals surface area contributed by atoms with Crippen molar-refractivity contribution in [1.29, 1.82) is 0 Å². The molecule has 0 amide bonds. The molecule has 0 fully saturated rings. The first-order valence-corrected chi connectivity index (χ1v) is 4.90. The summed E-state index contributed by atoms with van der Waals surface area (Å²) in [6, 6.07) is 4.01. The zero-order valence-electron chi connectivity index (χ0n) is 8.35. The average Bonchev–Trinajstić information content (AvgIpc) is 2.29. The van der Waals surface area contributed by atoms with Crippen LogP contribution in [0, 0.1) is 0 Å². The van der Waals surface area contributed by atoms with Crippen LogP contribution >= 0.6 is 11.6 Å². The molecule has 0 saturated carbocycles. The topological polar surface area (TPSA) is 95.9 Å². The van der Waals surface area contributed by atoms with Gasteiger partial charge in [0.05, 0.1) is 5.02 Å². The number of aromatic amines is 1. The normalized spacial score (nSPS) is 10.2. The molecule has 0 aliphatic rings. The summed E-state index contributed by atoms with van der Waals surface area (Å²) in [6.07, 6.45) is 1.38. The summed E-state index contributed by atoms with van der Waals surface area (Å²) < 4.78 is 0. The maximum absolute atomic E-state index is 11.2. The number of carbonyl (C=O) groups is 1. The Morgan fingerprint density at radius 2 is 2.18 bits per heavy atom. The number of aromatic nitrogens is 3. The van der Waals surface area contributed by atoms with E-state index in [0.29, 0.717) is 10.7 Å². The summed E-state index contributed by atoms with van der Waals surface area (Å²) in [7, 11) is 0. The Kier molecular flexibility index (Phi) is 2.88.